The van der Waals surface area contributed by atoms with E-state index in [-0.39, 0.29) is 28.3 Å². The molecule has 1 saturated carbocycles. The first-order valence-electron chi connectivity index (χ1n) is 11.4. The highest BCUT2D eigenvalue weighted by molar-refractivity contribution is 7.47. The Morgan fingerprint density at radius 1 is 1.17 bits per heavy atom. The number of hydrogen-bond acceptors (Lipinski definition) is 9. The quantitative estimate of drug-likeness (QED) is 0.178. The highest BCUT2D eigenvalue weighted by atomic mass is 31.2. The van der Waals surface area contributed by atoms with Crippen LogP contribution < -0.4 is 15.1 Å². The summed E-state index contributed by atoms with van der Waals surface area (Å²) in [5.41, 5.74) is 1.16. The zero-order valence-corrected chi connectivity index (χ0v) is 20.5. The highest BCUT2D eigenvalue weighted by Crippen LogP contribution is 2.43. The second-order valence-electron chi connectivity index (χ2n) is 8.40. The maximum Gasteiger partial charge on any atom is 0.478 e. The van der Waals surface area contributed by atoms with Crippen LogP contribution in [0.4, 0.5) is 5.69 Å². The van der Waals surface area contributed by atoms with Crippen molar-refractivity contribution in [3.8, 4) is 5.75 Å². The van der Waals surface area contributed by atoms with Crippen molar-refractivity contribution in [2.24, 2.45) is 0 Å². The van der Waals surface area contributed by atoms with Gasteiger partial charge in [0.15, 0.2) is 6.79 Å². The van der Waals surface area contributed by atoms with Gasteiger partial charge in [0.1, 0.15) is 11.3 Å². The van der Waals surface area contributed by atoms with Gasteiger partial charge in [-0.15, -0.1) is 4.73 Å². The molecule has 0 aliphatic heterocycles. The Hall–Kier alpha value is -3.31. The van der Waals surface area contributed by atoms with E-state index in [1.165, 1.54) is 30.5 Å². The van der Waals surface area contributed by atoms with Crippen molar-refractivity contribution >= 4 is 24.4 Å². The lowest BCUT2D eigenvalue weighted by molar-refractivity contribution is -0.383. The first kappa shape index (κ1) is 25.8. The van der Waals surface area contributed by atoms with Crippen molar-refractivity contribution in [3.05, 3.63) is 74.3 Å². The zero-order chi connectivity index (χ0) is 25.7. The normalized spacial score (nSPS) is 15.9. The van der Waals surface area contributed by atoms with Crippen molar-refractivity contribution in [2.45, 2.75) is 44.9 Å². The number of non-ortho nitro benzene ring substituents is 1. The van der Waals surface area contributed by atoms with Gasteiger partial charge in [-0.2, -0.15) is 0 Å². The SMILES string of the molecule is Cc1cc(C2CCCCC2)n(OCOP(=O)(O)OCOc2ccc([N+](=O)[O-])c3cccnc23)c(=O)c1. The second-order valence-corrected chi connectivity index (χ2v) is 9.85. The molecule has 1 aliphatic carbocycles. The molecule has 2 aromatic heterocycles. The summed E-state index contributed by atoms with van der Waals surface area (Å²) in [7, 11) is -4.62. The molecule has 1 atom stereocenters. The molecule has 1 N–H and O–H groups in total. The lowest BCUT2D eigenvalue weighted by atomic mass is 9.86. The number of rotatable bonds is 10. The van der Waals surface area contributed by atoms with Crippen LogP contribution in [0.1, 0.15) is 49.3 Å². The maximum atomic E-state index is 12.5. The molecule has 4 rings (SSSR count). The molecule has 2 heterocycles. The second kappa shape index (κ2) is 11.2. The number of fused-ring (bicyclic) bond motifs is 1. The third-order valence-electron chi connectivity index (χ3n) is 5.92. The van der Waals surface area contributed by atoms with E-state index in [9.17, 15) is 24.4 Å². The number of phosphoric acid groups is 1. The Balaban J connectivity index is 1.37. The molecule has 0 spiro atoms. The number of nitrogens with zero attached hydrogens (tertiary/aromatic N) is 3. The van der Waals surface area contributed by atoms with Crippen LogP contribution in [0.5, 0.6) is 5.75 Å². The minimum Gasteiger partial charge on any atom is -0.465 e. The summed E-state index contributed by atoms with van der Waals surface area (Å²) >= 11 is 0. The van der Waals surface area contributed by atoms with Crippen molar-refractivity contribution in [1.82, 2.24) is 9.71 Å². The molecule has 192 valence electrons. The van der Waals surface area contributed by atoms with Gasteiger partial charge in [0, 0.05) is 24.2 Å². The van der Waals surface area contributed by atoms with Crippen LogP contribution in [0.3, 0.4) is 0 Å². The number of ether oxygens (including phenoxy) is 1. The molecule has 0 radical (unpaired) electrons. The summed E-state index contributed by atoms with van der Waals surface area (Å²) in [6.45, 7) is 0.418. The first-order chi connectivity index (χ1) is 17.2. The number of nitro groups is 1. The Morgan fingerprint density at radius 2 is 1.92 bits per heavy atom. The van der Waals surface area contributed by atoms with Crippen LogP contribution in [-0.2, 0) is 13.6 Å². The van der Waals surface area contributed by atoms with Gasteiger partial charge in [-0.1, -0.05) is 19.3 Å². The third kappa shape index (κ3) is 6.08. The number of aromatic nitrogens is 2. The van der Waals surface area contributed by atoms with E-state index in [2.05, 4.69) is 4.98 Å². The summed E-state index contributed by atoms with van der Waals surface area (Å²) < 4.78 is 28.5. The number of phosphoric ester groups is 1. The number of aryl methyl sites for hydroxylation is 1. The van der Waals surface area contributed by atoms with Gasteiger partial charge >= 0.3 is 7.82 Å². The largest absolute Gasteiger partial charge is 0.478 e. The molecule has 0 bridgehead atoms. The van der Waals surface area contributed by atoms with Crippen LogP contribution in [0.2, 0.25) is 0 Å². The molecule has 0 amide bonds. The average Bonchev–Trinajstić information content (AvgIpc) is 2.85. The Morgan fingerprint density at radius 3 is 2.67 bits per heavy atom. The minimum atomic E-state index is -4.62. The Labute approximate surface area is 206 Å². The molecule has 1 aliphatic rings. The topological polar surface area (TPSA) is 152 Å². The average molecular weight is 519 g/mol. The van der Waals surface area contributed by atoms with Crippen molar-refractivity contribution in [1.29, 1.82) is 0 Å². The standard InChI is InChI=1S/C23H26N3O9P/c1-16-12-20(17-6-3-2-4-7-17)25(22(27)13-16)33-15-35-36(30,31)34-14-32-21-10-9-19(26(28)29)18-8-5-11-24-23(18)21/h5,8-13,17H,2-4,6-7,14-15H2,1H3,(H,30,31). The monoisotopic (exact) mass is 519 g/mol. The van der Waals surface area contributed by atoms with E-state index < -0.39 is 31.9 Å². The van der Waals surface area contributed by atoms with E-state index in [0.717, 1.165) is 42.4 Å². The van der Waals surface area contributed by atoms with Crippen LogP contribution in [0.15, 0.2) is 47.4 Å². The summed E-state index contributed by atoms with van der Waals surface area (Å²) in [5, 5.41) is 11.5. The Bertz CT molecular complexity index is 1350. The molecule has 12 nitrogen and oxygen atoms in total. The molecule has 13 heteroatoms. The van der Waals surface area contributed by atoms with Crippen LogP contribution in [0, 0.1) is 17.0 Å². The van der Waals surface area contributed by atoms with Crippen LogP contribution in [-0.4, -0.2) is 33.1 Å². The van der Waals surface area contributed by atoms with E-state index in [0.29, 0.717) is 5.69 Å². The van der Waals surface area contributed by atoms with Gasteiger partial charge in [0.2, 0.25) is 6.79 Å². The number of pyridine rings is 2. The van der Waals surface area contributed by atoms with E-state index in [4.69, 9.17) is 18.6 Å². The van der Waals surface area contributed by atoms with Crippen LogP contribution in [0.25, 0.3) is 10.9 Å². The fraction of sp³-hybridized carbons (Fsp3) is 0.391. The molecule has 36 heavy (non-hydrogen) atoms. The zero-order valence-electron chi connectivity index (χ0n) is 19.6. The van der Waals surface area contributed by atoms with Crippen molar-refractivity contribution < 1.29 is 33.0 Å². The van der Waals surface area contributed by atoms with Gasteiger partial charge in [0.25, 0.3) is 11.2 Å². The fourth-order valence-electron chi connectivity index (χ4n) is 4.28. The smallest absolute Gasteiger partial charge is 0.465 e. The summed E-state index contributed by atoms with van der Waals surface area (Å²) in [6.07, 6.45) is 6.56. The summed E-state index contributed by atoms with van der Waals surface area (Å²) in [6, 6.07) is 8.91. The number of hydrogen-bond donors (Lipinski definition) is 1. The molecular formula is C23H26N3O9P. The van der Waals surface area contributed by atoms with Gasteiger partial charge in [-0.3, -0.25) is 19.9 Å². The van der Waals surface area contributed by atoms with Gasteiger partial charge in [-0.25, -0.2) is 13.6 Å². The minimum absolute atomic E-state index is 0.121. The lowest BCUT2D eigenvalue weighted by Gasteiger charge is -2.25. The van der Waals surface area contributed by atoms with Crippen LogP contribution >= 0.6 is 7.82 Å². The summed E-state index contributed by atoms with van der Waals surface area (Å²) in [4.78, 5) is 42.7. The molecule has 1 aromatic carbocycles. The van der Waals surface area contributed by atoms with Crippen molar-refractivity contribution in [2.75, 3.05) is 13.6 Å². The maximum absolute atomic E-state index is 12.5. The van der Waals surface area contributed by atoms with Crippen molar-refractivity contribution in [3.63, 3.8) is 0 Å². The molecule has 3 aromatic rings. The first-order valence-corrected chi connectivity index (χ1v) is 12.9. The van der Waals surface area contributed by atoms with Gasteiger partial charge < -0.3 is 14.5 Å². The molecular weight excluding hydrogens is 493 g/mol. The molecule has 0 saturated heterocycles. The highest BCUT2D eigenvalue weighted by Gasteiger charge is 2.25. The summed E-state index contributed by atoms with van der Waals surface area (Å²) in [5.74, 6) is 0.276. The van der Waals surface area contributed by atoms with E-state index >= 15 is 0 Å². The van der Waals surface area contributed by atoms with Gasteiger partial charge in [-0.05, 0) is 49.6 Å². The fourth-order valence-corrected chi connectivity index (χ4v) is 4.72. The van der Waals surface area contributed by atoms with Gasteiger partial charge in [0.05, 0.1) is 16.0 Å². The lowest BCUT2D eigenvalue weighted by Crippen LogP contribution is -2.32. The van der Waals surface area contributed by atoms with E-state index in [1.54, 1.807) is 6.07 Å². The van der Waals surface area contributed by atoms with E-state index in [1.807, 2.05) is 13.0 Å². The molecule has 1 unspecified atom stereocenters. The number of benzene rings is 1. The Kier molecular flexibility index (Phi) is 8.00. The number of nitro benzene ring substituents is 1. The predicted octanol–water partition coefficient (Wildman–Crippen LogP) is 4.22. The predicted molar refractivity (Wildman–Crippen MR) is 129 cm³/mol. The molecule has 1 fully saturated rings. The third-order valence-corrected chi connectivity index (χ3v) is 6.78.